The van der Waals surface area contributed by atoms with Gasteiger partial charge in [0.2, 0.25) is 0 Å². The standard InChI is InChI=1S/C25H38O4Si2.C18H20O3.C12H16O2.C11H16O/c1-21(26)28-25-18-10-8-14-23(25)16-12-20-31(5,6)29-30(3,4)19-11-15-22-13-7-9-17-24(22)27-2;1-13(19)21-17-11-7-15(8-12-17)18(2,3)14-5-9-16(20-4)10-6-14;1-9(13)14-11-7-5-10(6-8-11)12(2,3)4;1-11(2,3)9-5-7-10(12-4)8-6-9/h7-10,13-14,17-18H,11-12,15-16,19-20H2,1-6H3;5-12H,1-4H3;5-8H,1-4H3;5-8H,1-4H3. The number of hydrogen-bond acceptors (Lipinski definition) is 10. The Kier molecular flexibility index (Phi) is 25.8. The van der Waals surface area contributed by atoms with Gasteiger partial charge in [-0.15, -0.1) is 0 Å². The Morgan fingerprint density at radius 3 is 1.01 bits per heavy atom. The maximum atomic E-state index is 11.3. The van der Waals surface area contributed by atoms with E-state index in [2.05, 4.69) is 118 Å². The van der Waals surface area contributed by atoms with Crippen LogP contribution in [0.15, 0.2) is 146 Å². The van der Waals surface area contributed by atoms with Crippen LogP contribution in [0.3, 0.4) is 0 Å². The van der Waals surface area contributed by atoms with E-state index >= 15 is 0 Å². The highest BCUT2D eigenvalue weighted by Crippen LogP contribution is 2.34. The van der Waals surface area contributed by atoms with Crippen molar-refractivity contribution in [2.75, 3.05) is 21.3 Å². The number of esters is 3. The van der Waals surface area contributed by atoms with Gasteiger partial charge in [0.25, 0.3) is 0 Å². The predicted molar refractivity (Wildman–Crippen MR) is 324 cm³/mol. The fourth-order valence-electron chi connectivity index (χ4n) is 8.69. The summed E-state index contributed by atoms with van der Waals surface area (Å²) in [5.41, 5.74) is 7.51. The zero-order chi connectivity index (χ0) is 58.3. The maximum absolute atomic E-state index is 11.3. The lowest BCUT2D eigenvalue weighted by molar-refractivity contribution is -0.132. The number of carbonyl (C=O) groups excluding carboxylic acids is 3. The molecule has 12 heteroatoms. The number of ether oxygens (including phenoxy) is 6. The van der Waals surface area contributed by atoms with E-state index in [0.717, 1.165) is 66.1 Å². The number of aryl methyl sites for hydroxylation is 2. The van der Waals surface area contributed by atoms with Crippen LogP contribution in [-0.2, 0) is 47.6 Å². The molecule has 0 aliphatic heterocycles. The highest BCUT2D eigenvalue weighted by Gasteiger charge is 2.32. The molecule has 0 spiro atoms. The molecule has 0 fully saturated rings. The molecule has 6 rings (SSSR count). The first-order valence-corrected chi connectivity index (χ1v) is 33.2. The van der Waals surface area contributed by atoms with Gasteiger partial charge in [0.05, 0.1) is 21.3 Å². The largest absolute Gasteiger partial charge is 0.497 e. The maximum Gasteiger partial charge on any atom is 0.308 e. The number of hydrogen-bond donors (Lipinski definition) is 0. The Hall–Kier alpha value is -6.48. The number of para-hydroxylation sites is 2. The Morgan fingerprint density at radius 1 is 0.385 bits per heavy atom. The molecular weight excluding hydrogens is 1010 g/mol. The van der Waals surface area contributed by atoms with Crippen LogP contribution in [0.25, 0.3) is 0 Å². The summed E-state index contributed by atoms with van der Waals surface area (Å²) in [5.74, 6) is 3.73. The van der Waals surface area contributed by atoms with Crippen molar-refractivity contribution < 1.29 is 46.9 Å². The summed E-state index contributed by atoms with van der Waals surface area (Å²) in [6.45, 7) is 31.0. The van der Waals surface area contributed by atoms with Crippen LogP contribution in [0.1, 0.15) is 122 Å². The second kappa shape index (κ2) is 30.6. The third-order valence-electron chi connectivity index (χ3n) is 13.0. The number of methoxy groups -OCH3 is 3. The molecule has 6 aromatic rings. The molecule has 0 N–H and O–H groups in total. The first-order valence-electron chi connectivity index (χ1n) is 26.9. The summed E-state index contributed by atoms with van der Waals surface area (Å²) in [7, 11) is 1.59. The zero-order valence-corrected chi connectivity index (χ0v) is 52.2. The molecule has 422 valence electrons. The summed E-state index contributed by atoms with van der Waals surface area (Å²) in [6, 6.07) is 49.9. The van der Waals surface area contributed by atoms with Crippen molar-refractivity contribution >= 4 is 34.5 Å². The van der Waals surface area contributed by atoms with E-state index in [1.54, 1.807) is 21.3 Å². The number of carbonyl (C=O) groups is 3. The van der Waals surface area contributed by atoms with E-state index < -0.39 is 16.6 Å². The minimum Gasteiger partial charge on any atom is -0.497 e. The normalized spacial score (nSPS) is 11.5. The summed E-state index contributed by atoms with van der Waals surface area (Å²) in [4.78, 5) is 32.9. The number of benzene rings is 6. The summed E-state index contributed by atoms with van der Waals surface area (Å²) < 4.78 is 37.9. The van der Waals surface area contributed by atoms with Gasteiger partial charge in [-0.25, -0.2) is 0 Å². The van der Waals surface area contributed by atoms with Gasteiger partial charge in [0.15, 0.2) is 16.6 Å². The summed E-state index contributed by atoms with van der Waals surface area (Å²) in [5, 5.41) is 0. The van der Waals surface area contributed by atoms with Gasteiger partial charge >= 0.3 is 17.9 Å². The van der Waals surface area contributed by atoms with Crippen LogP contribution in [0, 0.1) is 0 Å². The smallest absolute Gasteiger partial charge is 0.308 e. The van der Waals surface area contributed by atoms with Crippen LogP contribution in [0.4, 0.5) is 0 Å². The van der Waals surface area contributed by atoms with Gasteiger partial charge in [-0.3, -0.25) is 14.4 Å². The van der Waals surface area contributed by atoms with E-state index in [0.29, 0.717) is 17.2 Å². The average Bonchev–Trinajstić information content (AvgIpc) is 3.36. The SMILES string of the molecule is CC(=O)Oc1ccc(C(C)(C)C)cc1.COc1ccc(C(C)(C)C)cc1.COc1ccc(C(C)(C)c2ccc(OC(C)=O)cc2)cc1.COc1ccccc1CCC[Si](C)(C)O[Si](C)(C)CCCc1ccccc1OC(C)=O. The minimum atomic E-state index is -1.76. The average molecular weight is 1100 g/mol. The molecule has 0 unspecified atom stereocenters. The van der Waals surface area contributed by atoms with Crippen LogP contribution in [0.5, 0.6) is 34.5 Å². The van der Waals surface area contributed by atoms with Crippen molar-refractivity contribution in [3.8, 4) is 34.5 Å². The van der Waals surface area contributed by atoms with E-state index in [1.807, 2.05) is 109 Å². The van der Waals surface area contributed by atoms with Gasteiger partial charge in [-0.1, -0.05) is 140 Å². The minimum absolute atomic E-state index is 0.134. The summed E-state index contributed by atoms with van der Waals surface area (Å²) in [6.07, 6.45) is 4.10. The van der Waals surface area contributed by atoms with Gasteiger partial charge < -0.3 is 32.5 Å². The monoisotopic (exact) mass is 1100 g/mol. The Morgan fingerprint density at radius 2 is 0.692 bits per heavy atom. The fourth-order valence-corrected chi connectivity index (χ4v) is 17.5. The quantitative estimate of drug-likeness (QED) is 0.0468. The van der Waals surface area contributed by atoms with Gasteiger partial charge in [0, 0.05) is 26.2 Å². The molecule has 0 bridgehead atoms. The molecule has 78 heavy (non-hydrogen) atoms. The summed E-state index contributed by atoms with van der Waals surface area (Å²) >= 11 is 0. The Balaban J connectivity index is 0.000000293. The molecule has 10 nitrogen and oxygen atoms in total. The first-order chi connectivity index (χ1) is 36.5. The van der Waals surface area contributed by atoms with Crippen LogP contribution < -0.4 is 28.4 Å². The van der Waals surface area contributed by atoms with Gasteiger partial charge in [0.1, 0.15) is 34.5 Å². The van der Waals surface area contributed by atoms with Crippen molar-refractivity contribution in [2.24, 2.45) is 0 Å². The highest BCUT2D eigenvalue weighted by molar-refractivity contribution is 6.84. The lowest BCUT2D eigenvalue weighted by Gasteiger charge is -2.34. The fraction of sp³-hybridized carbons (Fsp3) is 0.409. The Bertz CT molecular complexity index is 2750. The van der Waals surface area contributed by atoms with E-state index in [4.69, 9.17) is 32.5 Å². The molecule has 0 atom stereocenters. The van der Waals surface area contributed by atoms with Crippen LogP contribution in [-0.4, -0.2) is 55.9 Å². The predicted octanol–water partition coefficient (Wildman–Crippen LogP) is 16.5. The molecule has 0 radical (unpaired) electrons. The lowest BCUT2D eigenvalue weighted by atomic mass is 9.78. The lowest BCUT2D eigenvalue weighted by Crippen LogP contribution is -2.44. The molecule has 0 aromatic heterocycles. The molecular formula is C66H90O10Si2. The molecule has 0 saturated carbocycles. The molecule has 6 aromatic carbocycles. The van der Waals surface area contributed by atoms with Crippen molar-refractivity contribution in [3.05, 3.63) is 179 Å². The van der Waals surface area contributed by atoms with Crippen LogP contribution in [0.2, 0.25) is 38.3 Å². The third kappa shape index (κ3) is 23.6. The Labute approximate surface area is 470 Å². The molecule has 0 aliphatic rings. The molecule has 0 saturated heterocycles. The van der Waals surface area contributed by atoms with Crippen LogP contribution >= 0.6 is 0 Å². The molecule has 0 amide bonds. The second-order valence-corrected chi connectivity index (χ2v) is 32.0. The molecule has 0 aliphatic carbocycles. The second-order valence-electron chi connectivity index (χ2n) is 23.2. The third-order valence-corrected chi connectivity index (χ3v) is 20.5. The van der Waals surface area contributed by atoms with Crippen molar-refractivity contribution in [3.63, 3.8) is 0 Å². The molecule has 0 heterocycles. The number of rotatable bonds is 18. The van der Waals surface area contributed by atoms with E-state index in [-0.39, 0.29) is 34.2 Å². The van der Waals surface area contributed by atoms with E-state index in [9.17, 15) is 14.4 Å². The zero-order valence-electron chi connectivity index (χ0n) is 50.2. The first kappa shape index (κ1) is 65.8. The highest BCUT2D eigenvalue weighted by atomic mass is 28.4. The topological polar surface area (TPSA) is 116 Å². The van der Waals surface area contributed by atoms with Crippen molar-refractivity contribution in [1.29, 1.82) is 0 Å². The van der Waals surface area contributed by atoms with Crippen molar-refractivity contribution in [2.45, 2.75) is 156 Å². The van der Waals surface area contributed by atoms with Gasteiger partial charge in [-0.05, 0) is 169 Å². The van der Waals surface area contributed by atoms with Gasteiger partial charge in [-0.2, -0.15) is 0 Å². The van der Waals surface area contributed by atoms with Crippen molar-refractivity contribution in [1.82, 2.24) is 0 Å². The van der Waals surface area contributed by atoms with E-state index in [1.165, 1.54) is 43.0 Å².